The van der Waals surface area contributed by atoms with E-state index in [0.717, 1.165) is 135 Å². The van der Waals surface area contributed by atoms with Gasteiger partial charge in [0.2, 0.25) is 0 Å². The second kappa shape index (κ2) is 76.1. The van der Waals surface area contributed by atoms with Crippen LogP contribution in [0.4, 0.5) is 0 Å². The van der Waals surface area contributed by atoms with E-state index in [0.29, 0.717) is 19.3 Å². The van der Waals surface area contributed by atoms with Crippen LogP contribution in [0.15, 0.2) is 97.2 Å². The smallest absolute Gasteiger partial charge is 0.463 e. The van der Waals surface area contributed by atoms with Crippen LogP contribution in [-0.4, -0.2) is 95.9 Å². The molecule has 0 aromatic heterocycles. The van der Waals surface area contributed by atoms with Gasteiger partial charge in [0.1, 0.15) is 25.4 Å². The lowest BCUT2D eigenvalue weighted by molar-refractivity contribution is -0.161. The molecule has 5 unspecified atom stereocenters. The fraction of sp³-hybridized carbons (Fsp3) is 0.771. The van der Waals surface area contributed by atoms with Gasteiger partial charge < -0.3 is 34.2 Å². The Bertz CT molecular complexity index is 2220. The highest BCUT2D eigenvalue weighted by Crippen LogP contribution is 2.45. The molecule has 4 N–H and O–H groups in total. The van der Waals surface area contributed by atoms with E-state index in [1.807, 2.05) is 0 Å². The van der Waals surface area contributed by atoms with Gasteiger partial charge in [-0.2, -0.15) is 0 Å². The first-order valence-electron chi connectivity index (χ1n) is 40.5. The Morgan fingerprint density at radius 3 is 0.851 bits per heavy atom. The van der Waals surface area contributed by atoms with Crippen LogP contribution in [0, 0.1) is 0 Å². The molecule has 16 nitrogen and oxygen atoms in total. The molecule has 101 heavy (non-hydrogen) atoms. The number of hydrogen-bond donors (Lipinski definition) is 4. The van der Waals surface area contributed by atoms with Crippen molar-refractivity contribution in [3.05, 3.63) is 97.2 Å². The number of phosphoric acid groups is 2. The molecule has 0 aliphatic heterocycles. The third-order valence-corrected chi connectivity index (χ3v) is 19.2. The Hall–Kier alpha value is -3.53. The van der Waals surface area contributed by atoms with E-state index in [2.05, 4.69) is 118 Å². The van der Waals surface area contributed by atoms with Crippen LogP contribution in [0.2, 0.25) is 0 Å². The van der Waals surface area contributed by atoms with Gasteiger partial charge in [0, 0.05) is 19.3 Å². The maximum Gasteiger partial charge on any atom is 0.472 e. The summed E-state index contributed by atoms with van der Waals surface area (Å²) in [6.07, 6.45) is 87.7. The molecule has 0 saturated carbocycles. The SMILES string of the molecule is CC/C=C\C/C=C\C/C=C\C/C=C\C/C=C\CCCCCCCCCCCCCCCCCCCCCC(=O)OCC(O)COP(=O)(O)OCC(O)COP(=O)(O)OCC(COC(=O)CCCCCCCC/C=C\C/C=C\C/C=C\CCCCC)OC(=O)CCCCCCCCCCCCC. The summed E-state index contributed by atoms with van der Waals surface area (Å²) in [5.41, 5.74) is 0. The van der Waals surface area contributed by atoms with Crippen molar-refractivity contribution < 1.29 is 75.8 Å². The monoisotopic (exact) mass is 1460 g/mol. The fourth-order valence-electron chi connectivity index (χ4n) is 11.1. The molecule has 586 valence electrons. The molecule has 0 saturated heterocycles. The number of hydrogen-bond acceptors (Lipinski definition) is 14. The molecule has 0 aromatic rings. The highest BCUT2D eigenvalue weighted by atomic mass is 31.2. The van der Waals surface area contributed by atoms with Gasteiger partial charge in [-0.05, 0) is 103 Å². The molecular formula is C83H148O16P2. The molecule has 0 heterocycles. The summed E-state index contributed by atoms with van der Waals surface area (Å²) in [6, 6.07) is 0. The first kappa shape index (κ1) is 97.5. The molecule has 0 bridgehead atoms. The predicted molar refractivity (Wildman–Crippen MR) is 417 cm³/mol. The zero-order chi connectivity index (χ0) is 73.7. The maximum atomic E-state index is 12.9. The number of phosphoric ester groups is 2. The molecular weight excluding hydrogens is 1310 g/mol. The average molecular weight is 1460 g/mol. The molecule has 0 radical (unpaired) electrons. The minimum Gasteiger partial charge on any atom is -0.463 e. The highest BCUT2D eigenvalue weighted by molar-refractivity contribution is 7.47. The normalized spacial score (nSPS) is 14.5. The summed E-state index contributed by atoms with van der Waals surface area (Å²) in [5.74, 6) is -1.57. The van der Waals surface area contributed by atoms with Gasteiger partial charge in [0.15, 0.2) is 6.10 Å². The summed E-state index contributed by atoms with van der Waals surface area (Å²) >= 11 is 0. The van der Waals surface area contributed by atoms with Crippen molar-refractivity contribution in [2.45, 2.75) is 373 Å². The van der Waals surface area contributed by atoms with Crippen molar-refractivity contribution in [1.29, 1.82) is 0 Å². The summed E-state index contributed by atoms with van der Waals surface area (Å²) < 4.78 is 61.0. The minimum absolute atomic E-state index is 0.105. The summed E-state index contributed by atoms with van der Waals surface area (Å²) in [7, 11) is -9.77. The van der Waals surface area contributed by atoms with Crippen molar-refractivity contribution in [1.82, 2.24) is 0 Å². The van der Waals surface area contributed by atoms with E-state index in [1.165, 1.54) is 161 Å². The molecule has 0 rings (SSSR count). The number of carbonyl (C=O) groups is 3. The number of carbonyl (C=O) groups excluding carboxylic acids is 3. The summed E-state index contributed by atoms with van der Waals surface area (Å²) in [4.78, 5) is 58.5. The van der Waals surface area contributed by atoms with E-state index in [-0.39, 0.29) is 19.3 Å². The van der Waals surface area contributed by atoms with Gasteiger partial charge in [-0.3, -0.25) is 32.5 Å². The van der Waals surface area contributed by atoms with Crippen molar-refractivity contribution in [2.75, 3.05) is 39.6 Å². The van der Waals surface area contributed by atoms with Gasteiger partial charge in [-0.1, -0.05) is 330 Å². The van der Waals surface area contributed by atoms with Gasteiger partial charge >= 0.3 is 33.6 Å². The van der Waals surface area contributed by atoms with Crippen molar-refractivity contribution in [3.8, 4) is 0 Å². The van der Waals surface area contributed by atoms with E-state index in [9.17, 15) is 43.5 Å². The second-order valence-corrected chi connectivity index (χ2v) is 30.1. The fourth-order valence-corrected chi connectivity index (χ4v) is 12.7. The van der Waals surface area contributed by atoms with Crippen molar-refractivity contribution in [3.63, 3.8) is 0 Å². The van der Waals surface area contributed by atoms with Crippen LogP contribution in [0.3, 0.4) is 0 Å². The zero-order valence-corrected chi connectivity index (χ0v) is 65.9. The average Bonchev–Trinajstić information content (AvgIpc) is 0.974. The van der Waals surface area contributed by atoms with E-state index in [4.69, 9.17) is 32.3 Å². The van der Waals surface area contributed by atoms with Crippen LogP contribution < -0.4 is 0 Å². The summed E-state index contributed by atoms with van der Waals surface area (Å²) in [6.45, 7) is 2.55. The Labute approximate surface area is 616 Å². The molecule has 0 spiro atoms. The number of esters is 3. The Morgan fingerprint density at radius 2 is 0.525 bits per heavy atom. The number of rotatable bonds is 77. The number of ether oxygens (including phenoxy) is 3. The lowest BCUT2D eigenvalue weighted by atomic mass is 10.0. The number of allylic oxidation sites excluding steroid dienone is 16. The van der Waals surface area contributed by atoms with E-state index in [1.54, 1.807) is 0 Å². The first-order chi connectivity index (χ1) is 49.2. The number of aliphatic hydroxyl groups excluding tert-OH is 2. The largest absolute Gasteiger partial charge is 0.472 e. The topological polar surface area (TPSA) is 231 Å². The molecule has 0 aliphatic rings. The minimum atomic E-state index is -4.92. The second-order valence-electron chi connectivity index (χ2n) is 27.2. The van der Waals surface area contributed by atoms with Gasteiger partial charge in [-0.15, -0.1) is 0 Å². The van der Waals surface area contributed by atoms with E-state index >= 15 is 0 Å². The van der Waals surface area contributed by atoms with E-state index < -0.39 is 91.5 Å². The maximum absolute atomic E-state index is 12.9. The molecule has 18 heteroatoms. The lowest BCUT2D eigenvalue weighted by Gasteiger charge is -2.21. The first-order valence-corrected chi connectivity index (χ1v) is 43.5. The quantitative estimate of drug-likeness (QED) is 0.0146. The summed E-state index contributed by atoms with van der Waals surface area (Å²) in [5, 5.41) is 20.6. The highest BCUT2D eigenvalue weighted by Gasteiger charge is 2.29. The Kier molecular flexibility index (Phi) is 73.5. The third-order valence-electron chi connectivity index (χ3n) is 17.3. The van der Waals surface area contributed by atoms with Gasteiger partial charge in [-0.25, -0.2) is 9.13 Å². The lowest BCUT2D eigenvalue weighted by Crippen LogP contribution is -2.30. The molecule has 0 aromatic carbocycles. The van der Waals surface area contributed by atoms with Gasteiger partial charge in [0.25, 0.3) is 0 Å². The predicted octanol–water partition coefficient (Wildman–Crippen LogP) is 23.8. The van der Waals surface area contributed by atoms with Crippen molar-refractivity contribution >= 4 is 33.6 Å². The van der Waals surface area contributed by atoms with Crippen LogP contribution in [0.5, 0.6) is 0 Å². The number of aliphatic hydroxyl groups is 2. The van der Waals surface area contributed by atoms with Crippen molar-refractivity contribution in [2.24, 2.45) is 0 Å². The van der Waals surface area contributed by atoms with Crippen LogP contribution in [-0.2, 0) is 55.8 Å². The molecule has 0 aliphatic carbocycles. The molecule has 5 atom stereocenters. The van der Waals surface area contributed by atoms with Crippen LogP contribution in [0.25, 0.3) is 0 Å². The number of unbranched alkanes of at least 4 members (excludes halogenated alkanes) is 38. The Morgan fingerprint density at radius 1 is 0.287 bits per heavy atom. The molecule has 0 fully saturated rings. The zero-order valence-electron chi connectivity index (χ0n) is 64.1. The van der Waals surface area contributed by atoms with Gasteiger partial charge in [0.05, 0.1) is 26.4 Å². The van der Waals surface area contributed by atoms with Crippen LogP contribution in [0.1, 0.15) is 355 Å². The third kappa shape index (κ3) is 77.4. The molecule has 0 amide bonds. The van der Waals surface area contributed by atoms with Crippen LogP contribution >= 0.6 is 15.6 Å². The standard InChI is InChI=1S/C83H148O16P2/c1-4-7-10-13-16-19-22-24-26-28-30-31-32-33-34-35-36-37-38-39-40-41-42-43-44-45-47-49-50-52-55-57-60-63-66-69-81(86)93-72-78(84)73-95-100(89,90)96-74-79(85)75-97-101(91,92)98-77-80(99-83(88)71-68-65-62-59-54-21-18-15-12-9-6-3)76-94-82(87)70-67-64-61-58-56-53-51-48-46-29-27-25-23-20-17-14-11-8-5-2/h7,10,16-17,19-20,24-27,30-31,33-34,46,48,78-80,84-85H,4-6,8-9,11-15,18,21-23,28-29,32,35-45,47,49-77H2,1-3H3,(H,89,90)(H,91,92)/b10-7-,19-16-,20-17-,26-24-,27-25-,31-30-,34-33-,48-46-. The Balaban J connectivity index is 4.31.